The smallest absolute Gasteiger partial charge is 0.261 e. The van der Waals surface area contributed by atoms with Gasteiger partial charge in [0, 0.05) is 19.3 Å². The standard InChI is InChI=1S/C24H25FN2O3S/c1-17-4-7-20(18(2)14-17)16-27(3)24(28)15-19-5-10-22(11-6-19)26-31(29,30)23-12-8-21(25)9-13-23/h4-14,26H,15-16H2,1-3H3. The zero-order chi connectivity index (χ0) is 22.6. The van der Waals surface area contributed by atoms with Gasteiger partial charge < -0.3 is 4.90 Å². The van der Waals surface area contributed by atoms with Crippen molar-refractivity contribution in [3.8, 4) is 0 Å². The second-order valence-electron chi connectivity index (χ2n) is 7.61. The number of benzene rings is 3. The first-order chi connectivity index (χ1) is 14.6. The van der Waals surface area contributed by atoms with Crippen molar-refractivity contribution >= 4 is 21.6 Å². The number of hydrogen-bond acceptors (Lipinski definition) is 3. The van der Waals surface area contributed by atoms with Gasteiger partial charge in [-0.25, -0.2) is 12.8 Å². The number of sulfonamides is 1. The van der Waals surface area contributed by atoms with Gasteiger partial charge in [0.15, 0.2) is 0 Å². The predicted octanol–water partition coefficient (Wildman–Crippen LogP) is 4.44. The van der Waals surface area contributed by atoms with E-state index in [0.717, 1.165) is 28.8 Å². The number of rotatable bonds is 7. The molecule has 0 spiro atoms. The van der Waals surface area contributed by atoms with Crippen LogP contribution < -0.4 is 4.72 Å². The van der Waals surface area contributed by atoms with Gasteiger partial charge in [-0.2, -0.15) is 0 Å². The average molecular weight is 441 g/mol. The van der Waals surface area contributed by atoms with Crippen molar-refractivity contribution in [2.24, 2.45) is 0 Å². The van der Waals surface area contributed by atoms with E-state index >= 15 is 0 Å². The van der Waals surface area contributed by atoms with Gasteiger partial charge in [-0.1, -0.05) is 35.9 Å². The molecule has 0 aliphatic carbocycles. The second-order valence-corrected chi connectivity index (χ2v) is 9.30. The normalized spacial score (nSPS) is 11.2. The summed E-state index contributed by atoms with van der Waals surface area (Å²) in [6.07, 6.45) is 0.215. The fourth-order valence-electron chi connectivity index (χ4n) is 3.19. The first kappa shape index (κ1) is 22.5. The van der Waals surface area contributed by atoms with Crippen molar-refractivity contribution in [2.45, 2.75) is 31.7 Å². The van der Waals surface area contributed by atoms with Crippen molar-refractivity contribution in [2.75, 3.05) is 11.8 Å². The fraction of sp³-hybridized carbons (Fsp3) is 0.208. The summed E-state index contributed by atoms with van der Waals surface area (Å²) in [5, 5.41) is 0. The third kappa shape index (κ3) is 5.92. The summed E-state index contributed by atoms with van der Waals surface area (Å²) in [5.41, 5.74) is 4.58. The number of likely N-dealkylation sites (N-methyl/N-ethyl adjacent to an activating group) is 1. The Labute approximate surface area is 182 Å². The van der Waals surface area contributed by atoms with Gasteiger partial charge in [-0.3, -0.25) is 9.52 Å². The zero-order valence-corrected chi connectivity index (χ0v) is 18.5. The van der Waals surface area contributed by atoms with Crippen LogP contribution in [0, 0.1) is 19.7 Å². The van der Waals surface area contributed by atoms with E-state index < -0.39 is 15.8 Å². The molecule has 0 fully saturated rings. The van der Waals surface area contributed by atoms with E-state index in [1.54, 1.807) is 36.2 Å². The third-order valence-electron chi connectivity index (χ3n) is 5.02. The number of amides is 1. The molecule has 0 aliphatic rings. The molecule has 5 nitrogen and oxygen atoms in total. The van der Waals surface area contributed by atoms with Gasteiger partial charge in [0.2, 0.25) is 5.91 Å². The molecule has 1 amide bonds. The Morgan fingerprint density at radius 3 is 2.23 bits per heavy atom. The molecule has 0 saturated heterocycles. The lowest BCUT2D eigenvalue weighted by Gasteiger charge is -2.19. The highest BCUT2D eigenvalue weighted by molar-refractivity contribution is 7.92. The number of nitrogens with zero attached hydrogens (tertiary/aromatic N) is 1. The van der Waals surface area contributed by atoms with Crippen LogP contribution >= 0.6 is 0 Å². The number of nitrogens with one attached hydrogen (secondary N) is 1. The Balaban J connectivity index is 1.62. The maximum Gasteiger partial charge on any atom is 0.261 e. The maximum atomic E-state index is 13.0. The quantitative estimate of drug-likeness (QED) is 0.591. The second kappa shape index (κ2) is 9.31. The molecule has 0 bridgehead atoms. The molecule has 3 aromatic carbocycles. The van der Waals surface area contributed by atoms with Gasteiger partial charge >= 0.3 is 0 Å². The van der Waals surface area contributed by atoms with Gasteiger partial charge in [-0.05, 0) is 66.9 Å². The summed E-state index contributed by atoms with van der Waals surface area (Å²) in [4.78, 5) is 14.3. The summed E-state index contributed by atoms with van der Waals surface area (Å²) in [7, 11) is -2.04. The van der Waals surface area contributed by atoms with Crippen LogP contribution in [0.5, 0.6) is 0 Å². The number of aryl methyl sites for hydroxylation is 2. The molecular formula is C24H25FN2O3S. The lowest BCUT2D eigenvalue weighted by molar-refractivity contribution is -0.129. The van der Waals surface area contributed by atoms with Gasteiger partial charge in [0.1, 0.15) is 5.82 Å². The van der Waals surface area contributed by atoms with Crippen molar-refractivity contribution in [1.29, 1.82) is 0 Å². The molecule has 162 valence electrons. The van der Waals surface area contributed by atoms with E-state index in [2.05, 4.69) is 10.8 Å². The molecule has 0 heterocycles. The van der Waals surface area contributed by atoms with E-state index in [1.165, 1.54) is 17.7 Å². The highest BCUT2D eigenvalue weighted by Gasteiger charge is 2.15. The first-order valence-electron chi connectivity index (χ1n) is 9.81. The monoisotopic (exact) mass is 440 g/mol. The van der Waals surface area contributed by atoms with Crippen molar-refractivity contribution in [1.82, 2.24) is 4.90 Å². The SMILES string of the molecule is Cc1ccc(CN(C)C(=O)Cc2ccc(NS(=O)(=O)c3ccc(F)cc3)cc2)c(C)c1. The molecule has 1 N–H and O–H groups in total. The van der Waals surface area contributed by atoms with Crippen LogP contribution in [0.4, 0.5) is 10.1 Å². The molecular weight excluding hydrogens is 415 g/mol. The molecule has 0 aromatic heterocycles. The topological polar surface area (TPSA) is 66.5 Å². The van der Waals surface area contributed by atoms with E-state index in [-0.39, 0.29) is 17.2 Å². The van der Waals surface area contributed by atoms with Crippen LogP contribution in [0.3, 0.4) is 0 Å². The summed E-state index contributed by atoms with van der Waals surface area (Å²) in [5.74, 6) is -0.532. The first-order valence-corrected chi connectivity index (χ1v) is 11.3. The van der Waals surface area contributed by atoms with E-state index in [4.69, 9.17) is 0 Å². The van der Waals surface area contributed by atoms with Crippen molar-refractivity contribution in [3.05, 3.63) is 94.8 Å². The molecule has 0 radical (unpaired) electrons. The molecule has 7 heteroatoms. The number of carbonyl (C=O) groups excluding carboxylic acids is 1. The Bertz CT molecular complexity index is 1170. The predicted molar refractivity (Wildman–Crippen MR) is 120 cm³/mol. The summed E-state index contributed by atoms with van der Waals surface area (Å²) in [6.45, 7) is 4.60. The summed E-state index contributed by atoms with van der Waals surface area (Å²) in [6, 6.07) is 17.4. The number of anilines is 1. The summed E-state index contributed by atoms with van der Waals surface area (Å²) >= 11 is 0. The fourth-order valence-corrected chi connectivity index (χ4v) is 4.25. The maximum absolute atomic E-state index is 13.0. The summed E-state index contributed by atoms with van der Waals surface area (Å²) < 4.78 is 40.3. The molecule has 3 rings (SSSR count). The Morgan fingerprint density at radius 2 is 1.61 bits per heavy atom. The van der Waals surface area contributed by atoms with Gasteiger partial charge in [0.05, 0.1) is 11.3 Å². The van der Waals surface area contributed by atoms with Crippen molar-refractivity contribution in [3.63, 3.8) is 0 Å². The third-order valence-corrected chi connectivity index (χ3v) is 6.41. The highest BCUT2D eigenvalue weighted by Crippen LogP contribution is 2.18. The minimum absolute atomic E-state index is 0.0267. The van der Waals surface area contributed by atoms with Gasteiger partial charge in [0.25, 0.3) is 10.0 Å². The largest absolute Gasteiger partial charge is 0.341 e. The minimum atomic E-state index is -3.81. The van der Waals surface area contributed by atoms with Crippen LogP contribution in [-0.4, -0.2) is 26.3 Å². The van der Waals surface area contributed by atoms with E-state index in [1.807, 2.05) is 26.0 Å². The highest BCUT2D eigenvalue weighted by atomic mass is 32.2. The Morgan fingerprint density at radius 1 is 0.968 bits per heavy atom. The zero-order valence-electron chi connectivity index (χ0n) is 17.7. The number of halogens is 1. The minimum Gasteiger partial charge on any atom is -0.341 e. The van der Waals surface area contributed by atoms with E-state index in [9.17, 15) is 17.6 Å². The molecule has 3 aromatic rings. The Hall–Kier alpha value is -3.19. The van der Waals surface area contributed by atoms with Crippen LogP contribution in [0.1, 0.15) is 22.3 Å². The number of carbonyl (C=O) groups is 1. The molecule has 31 heavy (non-hydrogen) atoms. The Kier molecular flexibility index (Phi) is 6.75. The number of hydrogen-bond donors (Lipinski definition) is 1. The van der Waals surface area contributed by atoms with Crippen molar-refractivity contribution < 1.29 is 17.6 Å². The van der Waals surface area contributed by atoms with Gasteiger partial charge in [-0.15, -0.1) is 0 Å². The lowest BCUT2D eigenvalue weighted by atomic mass is 10.1. The lowest BCUT2D eigenvalue weighted by Crippen LogP contribution is -2.28. The molecule has 0 unspecified atom stereocenters. The van der Waals surface area contributed by atoms with Crippen LogP contribution in [0.25, 0.3) is 0 Å². The van der Waals surface area contributed by atoms with E-state index in [0.29, 0.717) is 12.2 Å². The molecule has 0 saturated carbocycles. The average Bonchev–Trinajstić information content (AvgIpc) is 2.71. The molecule has 0 aliphatic heterocycles. The van der Waals surface area contributed by atoms with Crippen LogP contribution in [0.2, 0.25) is 0 Å². The van der Waals surface area contributed by atoms with Crippen LogP contribution in [0.15, 0.2) is 71.6 Å². The molecule has 0 atom stereocenters. The van der Waals surface area contributed by atoms with Crippen LogP contribution in [-0.2, 0) is 27.8 Å².